The molecule has 1 aliphatic heterocycles. The molecule has 1 aliphatic rings. The molecule has 2 rings (SSSR count). The number of rotatable bonds is 4. The fraction of sp³-hybridized carbons (Fsp3) is 0.636. The number of carbonyl (C=O) groups is 1. The van der Waals surface area contributed by atoms with Gasteiger partial charge in [-0.1, -0.05) is 0 Å². The summed E-state index contributed by atoms with van der Waals surface area (Å²) in [5.74, 6) is 0.389. The Kier molecular flexibility index (Phi) is 3.98. The smallest absolute Gasteiger partial charge is 0.377 e. The maximum atomic E-state index is 11.1. The van der Waals surface area contributed by atoms with Gasteiger partial charge in [-0.25, -0.2) is 4.79 Å². The lowest BCUT2D eigenvalue weighted by atomic mass is 9.99. The summed E-state index contributed by atoms with van der Waals surface area (Å²) >= 11 is 0. The average Bonchev–Trinajstić information content (AvgIpc) is 2.85. The van der Waals surface area contributed by atoms with Crippen LogP contribution in [0.25, 0.3) is 0 Å². The Morgan fingerprint density at radius 2 is 2.35 bits per heavy atom. The van der Waals surface area contributed by atoms with E-state index < -0.39 is 5.97 Å². The van der Waals surface area contributed by atoms with Gasteiger partial charge in [-0.2, -0.15) is 0 Å². The van der Waals surface area contributed by atoms with Crippen LogP contribution in [0.4, 0.5) is 0 Å². The summed E-state index contributed by atoms with van der Waals surface area (Å²) in [6.07, 6.45) is 2.20. The second-order valence-corrected chi connectivity index (χ2v) is 4.03. The van der Waals surface area contributed by atoms with E-state index in [4.69, 9.17) is 9.26 Å². The van der Waals surface area contributed by atoms with E-state index in [1.807, 2.05) is 0 Å². The van der Waals surface area contributed by atoms with Crippen LogP contribution in [-0.4, -0.2) is 37.9 Å². The molecule has 94 valence electrons. The molecule has 0 unspecified atom stereocenters. The van der Waals surface area contributed by atoms with Gasteiger partial charge in [-0.15, -0.1) is 0 Å². The molecule has 0 amide bonds. The fourth-order valence-corrected chi connectivity index (χ4v) is 1.78. The first-order chi connectivity index (χ1) is 8.29. The summed E-state index contributed by atoms with van der Waals surface area (Å²) in [5, 5.41) is 6.94. The van der Waals surface area contributed by atoms with Crippen molar-refractivity contribution in [2.24, 2.45) is 5.92 Å². The number of carbonyl (C=O) groups excluding carboxylic acids is 1. The molecule has 0 atom stereocenters. The van der Waals surface area contributed by atoms with E-state index in [0.717, 1.165) is 25.9 Å². The zero-order valence-electron chi connectivity index (χ0n) is 9.77. The van der Waals surface area contributed by atoms with Crippen molar-refractivity contribution in [2.45, 2.75) is 12.8 Å². The number of esters is 1. The van der Waals surface area contributed by atoms with Gasteiger partial charge in [0.25, 0.3) is 5.88 Å². The lowest BCUT2D eigenvalue weighted by Crippen LogP contribution is -2.30. The van der Waals surface area contributed by atoms with Crippen LogP contribution in [0.3, 0.4) is 0 Å². The summed E-state index contributed by atoms with van der Waals surface area (Å²) in [4.78, 5) is 11.1. The molecule has 0 spiro atoms. The zero-order chi connectivity index (χ0) is 12.1. The number of hydrogen-bond acceptors (Lipinski definition) is 6. The number of piperidine rings is 1. The highest BCUT2D eigenvalue weighted by molar-refractivity contribution is 5.86. The Labute approximate surface area is 99.2 Å². The number of nitrogens with zero attached hydrogens (tertiary/aromatic N) is 1. The number of methoxy groups -OCH3 is 1. The highest BCUT2D eigenvalue weighted by Crippen LogP contribution is 2.16. The van der Waals surface area contributed by atoms with Crippen LogP contribution >= 0.6 is 0 Å². The Morgan fingerprint density at radius 3 is 3.06 bits per heavy atom. The zero-order valence-corrected chi connectivity index (χ0v) is 9.77. The van der Waals surface area contributed by atoms with E-state index in [1.165, 1.54) is 13.2 Å². The molecule has 0 saturated carbocycles. The van der Waals surface area contributed by atoms with Gasteiger partial charge in [-0.05, 0) is 37.0 Å². The standard InChI is InChI=1S/C11H16N2O4/c1-15-11(14)9-6-10(13-17-9)16-7-8-2-4-12-5-3-8/h6,8,12H,2-5,7H2,1H3. The van der Waals surface area contributed by atoms with Gasteiger partial charge < -0.3 is 19.3 Å². The van der Waals surface area contributed by atoms with Crippen LogP contribution in [-0.2, 0) is 4.74 Å². The van der Waals surface area contributed by atoms with E-state index in [9.17, 15) is 4.79 Å². The molecule has 6 heteroatoms. The number of nitrogens with one attached hydrogen (secondary N) is 1. The summed E-state index contributed by atoms with van der Waals surface area (Å²) in [6.45, 7) is 2.66. The van der Waals surface area contributed by atoms with Crippen LogP contribution in [0, 0.1) is 5.92 Å². The lowest BCUT2D eigenvalue weighted by Gasteiger charge is -2.21. The van der Waals surface area contributed by atoms with Gasteiger partial charge in [0.15, 0.2) is 0 Å². The molecule has 0 radical (unpaired) electrons. The average molecular weight is 240 g/mol. The van der Waals surface area contributed by atoms with Crippen LogP contribution in [0.5, 0.6) is 5.88 Å². The van der Waals surface area contributed by atoms with E-state index in [-0.39, 0.29) is 5.76 Å². The number of ether oxygens (including phenoxy) is 2. The molecule has 0 aliphatic carbocycles. The summed E-state index contributed by atoms with van der Waals surface area (Å²) in [5.41, 5.74) is 0. The Bertz CT molecular complexity index is 371. The van der Waals surface area contributed by atoms with Gasteiger partial charge in [0.05, 0.1) is 19.8 Å². The third kappa shape index (κ3) is 3.20. The molecule has 1 aromatic rings. The number of hydrogen-bond donors (Lipinski definition) is 1. The van der Waals surface area contributed by atoms with Crippen LogP contribution in [0.2, 0.25) is 0 Å². The Balaban J connectivity index is 1.82. The normalized spacial score (nSPS) is 16.8. The molecule has 1 fully saturated rings. The molecular formula is C11H16N2O4. The van der Waals surface area contributed by atoms with Crippen molar-refractivity contribution in [1.82, 2.24) is 10.5 Å². The molecule has 1 N–H and O–H groups in total. The topological polar surface area (TPSA) is 73.6 Å². The van der Waals surface area contributed by atoms with E-state index in [0.29, 0.717) is 18.4 Å². The second-order valence-electron chi connectivity index (χ2n) is 4.03. The van der Waals surface area contributed by atoms with Crippen LogP contribution in [0.1, 0.15) is 23.4 Å². The highest BCUT2D eigenvalue weighted by Gasteiger charge is 2.17. The predicted molar refractivity (Wildman–Crippen MR) is 58.9 cm³/mol. The van der Waals surface area contributed by atoms with Crippen molar-refractivity contribution < 1.29 is 18.8 Å². The highest BCUT2D eigenvalue weighted by atomic mass is 16.6. The summed E-state index contributed by atoms with van der Waals surface area (Å²) in [7, 11) is 1.29. The third-order valence-corrected chi connectivity index (χ3v) is 2.80. The van der Waals surface area contributed by atoms with E-state index >= 15 is 0 Å². The summed E-state index contributed by atoms with van der Waals surface area (Å²) in [6, 6.07) is 1.45. The maximum Gasteiger partial charge on any atom is 0.377 e. The first kappa shape index (κ1) is 11.9. The minimum absolute atomic E-state index is 0.0628. The van der Waals surface area contributed by atoms with E-state index in [1.54, 1.807) is 0 Å². The molecule has 0 aromatic carbocycles. The van der Waals surface area contributed by atoms with Gasteiger partial charge in [0, 0.05) is 0 Å². The first-order valence-electron chi connectivity index (χ1n) is 5.68. The predicted octanol–water partition coefficient (Wildman–Crippen LogP) is 0.840. The van der Waals surface area contributed by atoms with Crippen molar-refractivity contribution in [1.29, 1.82) is 0 Å². The van der Waals surface area contributed by atoms with Crippen molar-refractivity contribution in [2.75, 3.05) is 26.8 Å². The summed E-state index contributed by atoms with van der Waals surface area (Å²) < 4.78 is 14.8. The molecule has 1 aromatic heterocycles. The first-order valence-corrected chi connectivity index (χ1v) is 5.68. The van der Waals surface area contributed by atoms with Crippen molar-refractivity contribution >= 4 is 5.97 Å². The van der Waals surface area contributed by atoms with Gasteiger partial charge >= 0.3 is 5.97 Å². The third-order valence-electron chi connectivity index (χ3n) is 2.80. The Morgan fingerprint density at radius 1 is 1.59 bits per heavy atom. The molecule has 1 saturated heterocycles. The molecule has 0 bridgehead atoms. The minimum Gasteiger partial charge on any atom is -0.475 e. The SMILES string of the molecule is COC(=O)c1cc(OCC2CCNCC2)no1. The monoisotopic (exact) mass is 240 g/mol. The van der Waals surface area contributed by atoms with Crippen molar-refractivity contribution in [3.05, 3.63) is 11.8 Å². The molecule has 2 heterocycles. The van der Waals surface area contributed by atoms with Crippen molar-refractivity contribution in [3.8, 4) is 5.88 Å². The maximum absolute atomic E-state index is 11.1. The lowest BCUT2D eigenvalue weighted by molar-refractivity contribution is 0.0554. The van der Waals surface area contributed by atoms with Crippen LogP contribution in [0.15, 0.2) is 10.6 Å². The molecule has 6 nitrogen and oxygen atoms in total. The van der Waals surface area contributed by atoms with E-state index in [2.05, 4.69) is 15.2 Å². The minimum atomic E-state index is -0.547. The Hall–Kier alpha value is -1.56. The second kappa shape index (κ2) is 5.67. The quantitative estimate of drug-likeness (QED) is 0.786. The van der Waals surface area contributed by atoms with Crippen molar-refractivity contribution in [3.63, 3.8) is 0 Å². The largest absolute Gasteiger partial charge is 0.475 e. The van der Waals surface area contributed by atoms with Crippen LogP contribution < -0.4 is 10.1 Å². The fourth-order valence-electron chi connectivity index (χ4n) is 1.78. The van der Waals surface area contributed by atoms with Gasteiger partial charge in [0.1, 0.15) is 0 Å². The molecular weight excluding hydrogens is 224 g/mol. The van der Waals surface area contributed by atoms with Gasteiger partial charge in [-0.3, -0.25) is 0 Å². The van der Waals surface area contributed by atoms with Gasteiger partial charge in [0.2, 0.25) is 5.76 Å². The molecule has 17 heavy (non-hydrogen) atoms. The number of aromatic nitrogens is 1.